The Morgan fingerprint density at radius 2 is 1.79 bits per heavy atom. The van der Waals surface area contributed by atoms with Crippen LogP contribution in [0.3, 0.4) is 0 Å². The van der Waals surface area contributed by atoms with Crippen molar-refractivity contribution in [2.24, 2.45) is 0 Å². The first-order valence-electron chi connectivity index (χ1n) is 4.00. The van der Waals surface area contributed by atoms with Crippen molar-refractivity contribution in [1.29, 1.82) is 0 Å². The van der Waals surface area contributed by atoms with Crippen molar-refractivity contribution in [3.63, 3.8) is 0 Å². The molecule has 0 bridgehead atoms. The molecule has 0 saturated carbocycles. The lowest BCUT2D eigenvalue weighted by Crippen LogP contribution is -1.88. The lowest BCUT2D eigenvalue weighted by molar-refractivity contribution is 0.490. The maximum Gasteiger partial charge on any atom is 0.261 e. The zero-order valence-corrected chi connectivity index (χ0v) is 8.87. The number of benzene rings is 1. The summed E-state index contributed by atoms with van der Waals surface area (Å²) in [5.41, 5.74) is 1.33. The Morgan fingerprint density at radius 3 is 2.14 bits per heavy atom. The number of hydrogen-bond acceptors (Lipinski definition) is 2. The van der Waals surface area contributed by atoms with Crippen LogP contribution in [-0.4, -0.2) is 19.2 Å². The van der Waals surface area contributed by atoms with Crippen LogP contribution in [0.25, 0.3) is 0 Å². The van der Waals surface area contributed by atoms with E-state index in [-0.39, 0.29) is 0 Å². The predicted molar refractivity (Wildman–Crippen MR) is 57.8 cm³/mol. The smallest absolute Gasteiger partial charge is 0.261 e. The van der Waals surface area contributed by atoms with Gasteiger partial charge in [0.25, 0.3) is 10.1 Å². The van der Waals surface area contributed by atoms with Crippen molar-refractivity contribution in [3.05, 3.63) is 48.6 Å². The average Bonchev–Trinajstić information content (AvgIpc) is 2.03. The largest absolute Gasteiger partial charge is 0.286 e. The first kappa shape index (κ1) is 12.9. The third kappa shape index (κ3) is 10.9. The Bertz CT molecular complexity index is 346. The van der Waals surface area contributed by atoms with Crippen molar-refractivity contribution in [2.45, 2.75) is 6.42 Å². The fraction of sp³-hybridized carbons (Fsp3) is 0.200. The van der Waals surface area contributed by atoms with Gasteiger partial charge in [0.2, 0.25) is 0 Å². The number of hydrogen-bond donors (Lipinski definition) is 1. The van der Waals surface area contributed by atoms with Crippen LogP contribution in [0, 0.1) is 0 Å². The van der Waals surface area contributed by atoms with Crippen LogP contribution < -0.4 is 0 Å². The standard InChI is InChI=1S/C9H10.CH4O3S/c1-2-6-9-7-4-3-5-8-9;1-5(2,3)4/h2-5,7-8H,1,6H2;1H3,(H,2,3,4). The van der Waals surface area contributed by atoms with Gasteiger partial charge in [-0.15, -0.1) is 6.58 Å². The van der Waals surface area contributed by atoms with Gasteiger partial charge in [0.15, 0.2) is 0 Å². The molecule has 0 heterocycles. The first-order valence-corrected chi connectivity index (χ1v) is 5.85. The second kappa shape index (κ2) is 6.34. The molecule has 0 amide bonds. The third-order valence-electron chi connectivity index (χ3n) is 1.22. The number of rotatable bonds is 2. The quantitative estimate of drug-likeness (QED) is 0.604. The highest BCUT2D eigenvalue weighted by atomic mass is 32.2. The van der Waals surface area contributed by atoms with Gasteiger partial charge in [-0.25, -0.2) is 0 Å². The molecule has 0 radical (unpaired) electrons. The minimum atomic E-state index is -3.67. The average molecular weight is 214 g/mol. The maximum atomic E-state index is 9.19. The lowest BCUT2D eigenvalue weighted by Gasteiger charge is -1.91. The van der Waals surface area contributed by atoms with E-state index in [1.807, 2.05) is 24.3 Å². The molecule has 78 valence electrons. The van der Waals surface area contributed by atoms with E-state index in [9.17, 15) is 8.42 Å². The van der Waals surface area contributed by atoms with Crippen LogP contribution in [-0.2, 0) is 16.5 Å². The van der Waals surface area contributed by atoms with Crippen LogP contribution in [0.2, 0.25) is 0 Å². The van der Waals surface area contributed by atoms with E-state index in [0.29, 0.717) is 6.26 Å². The second-order valence-corrected chi connectivity index (χ2v) is 4.18. The normalized spacial score (nSPS) is 9.86. The molecular formula is C10H14O3S. The lowest BCUT2D eigenvalue weighted by atomic mass is 10.2. The zero-order valence-electron chi connectivity index (χ0n) is 8.05. The molecule has 0 fully saturated rings. The molecule has 0 spiro atoms. The minimum absolute atomic E-state index is 0.715. The highest BCUT2D eigenvalue weighted by Gasteiger charge is 1.82. The minimum Gasteiger partial charge on any atom is -0.286 e. The van der Waals surface area contributed by atoms with Crippen LogP contribution in [0.5, 0.6) is 0 Å². The topological polar surface area (TPSA) is 54.4 Å². The summed E-state index contributed by atoms with van der Waals surface area (Å²) in [7, 11) is -3.67. The Hall–Kier alpha value is -1.13. The third-order valence-corrected chi connectivity index (χ3v) is 1.22. The maximum absolute atomic E-state index is 9.19. The summed E-state index contributed by atoms with van der Waals surface area (Å²) in [5, 5.41) is 0. The Kier molecular flexibility index (Phi) is 5.83. The van der Waals surface area contributed by atoms with Crippen molar-refractivity contribution < 1.29 is 13.0 Å². The van der Waals surface area contributed by atoms with Crippen LogP contribution in [0.15, 0.2) is 43.0 Å². The summed E-state index contributed by atoms with van der Waals surface area (Å²) in [6.45, 7) is 3.66. The van der Waals surface area contributed by atoms with Gasteiger partial charge in [-0.1, -0.05) is 36.4 Å². The SMILES string of the molecule is C=CCc1ccccc1.CS(=O)(=O)O. The molecule has 0 aromatic heterocycles. The second-order valence-electron chi connectivity index (χ2n) is 2.71. The fourth-order valence-corrected chi connectivity index (χ4v) is 0.781. The van der Waals surface area contributed by atoms with E-state index in [1.165, 1.54) is 5.56 Å². The monoisotopic (exact) mass is 214 g/mol. The highest BCUT2D eigenvalue weighted by molar-refractivity contribution is 7.85. The first-order chi connectivity index (χ1) is 6.43. The Morgan fingerprint density at radius 1 is 1.36 bits per heavy atom. The van der Waals surface area contributed by atoms with E-state index in [4.69, 9.17) is 4.55 Å². The zero-order chi connectivity index (χ0) is 11.0. The molecule has 1 aromatic carbocycles. The van der Waals surface area contributed by atoms with Crippen LogP contribution in [0.1, 0.15) is 5.56 Å². The molecule has 14 heavy (non-hydrogen) atoms. The Balaban J connectivity index is 0.000000292. The van der Waals surface area contributed by atoms with Gasteiger partial charge in [0.1, 0.15) is 0 Å². The molecule has 0 unspecified atom stereocenters. The van der Waals surface area contributed by atoms with Crippen molar-refractivity contribution >= 4 is 10.1 Å². The van der Waals surface area contributed by atoms with E-state index >= 15 is 0 Å². The van der Waals surface area contributed by atoms with Gasteiger partial charge in [-0.3, -0.25) is 4.55 Å². The highest BCUT2D eigenvalue weighted by Crippen LogP contribution is 1.98. The summed E-state index contributed by atoms with van der Waals surface area (Å²) in [5.74, 6) is 0. The molecule has 0 saturated heterocycles. The molecule has 0 aliphatic rings. The molecule has 0 aliphatic heterocycles. The Labute approximate surface area is 84.8 Å². The number of allylic oxidation sites excluding steroid dienone is 1. The van der Waals surface area contributed by atoms with E-state index < -0.39 is 10.1 Å². The summed E-state index contributed by atoms with van der Waals surface area (Å²) >= 11 is 0. The summed E-state index contributed by atoms with van der Waals surface area (Å²) < 4.78 is 25.9. The van der Waals surface area contributed by atoms with E-state index in [1.54, 1.807) is 0 Å². The molecule has 0 aliphatic carbocycles. The predicted octanol–water partition coefficient (Wildman–Crippen LogP) is 1.92. The van der Waals surface area contributed by atoms with Gasteiger partial charge in [-0.05, 0) is 12.0 Å². The molecule has 1 N–H and O–H groups in total. The molecule has 1 aromatic rings. The molecule has 1 rings (SSSR count). The van der Waals surface area contributed by atoms with Crippen LogP contribution in [0.4, 0.5) is 0 Å². The molecule has 0 atom stereocenters. The molecule has 3 nitrogen and oxygen atoms in total. The summed E-state index contributed by atoms with van der Waals surface area (Å²) in [6.07, 6.45) is 3.60. The summed E-state index contributed by atoms with van der Waals surface area (Å²) in [6, 6.07) is 10.3. The fourth-order valence-electron chi connectivity index (χ4n) is 0.781. The van der Waals surface area contributed by atoms with Gasteiger partial charge in [-0.2, -0.15) is 8.42 Å². The van der Waals surface area contributed by atoms with Crippen molar-refractivity contribution in [1.82, 2.24) is 0 Å². The van der Waals surface area contributed by atoms with E-state index in [2.05, 4.69) is 18.7 Å². The van der Waals surface area contributed by atoms with Crippen molar-refractivity contribution in [2.75, 3.05) is 6.26 Å². The van der Waals surface area contributed by atoms with Crippen molar-refractivity contribution in [3.8, 4) is 0 Å². The molecule has 4 heteroatoms. The van der Waals surface area contributed by atoms with Gasteiger partial charge >= 0.3 is 0 Å². The van der Waals surface area contributed by atoms with E-state index in [0.717, 1.165) is 6.42 Å². The summed E-state index contributed by atoms with van der Waals surface area (Å²) in [4.78, 5) is 0. The van der Waals surface area contributed by atoms with Gasteiger partial charge in [0.05, 0.1) is 6.26 Å². The van der Waals surface area contributed by atoms with Gasteiger partial charge < -0.3 is 0 Å². The van der Waals surface area contributed by atoms with Crippen LogP contribution >= 0.6 is 0 Å². The van der Waals surface area contributed by atoms with Gasteiger partial charge in [0, 0.05) is 0 Å². The molecular weight excluding hydrogens is 200 g/mol.